The molecule has 4 nitrogen and oxygen atoms in total. The third-order valence-corrected chi connectivity index (χ3v) is 5.23. The van der Waals surface area contributed by atoms with Crippen molar-refractivity contribution in [3.63, 3.8) is 0 Å². The first-order chi connectivity index (χ1) is 12.6. The summed E-state index contributed by atoms with van der Waals surface area (Å²) in [5.74, 6) is 0.386. The number of aryl methyl sites for hydroxylation is 1. The monoisotopic (exact) mass is 359 g/mol. The van der Waals surface area contributed by atoms with Crippen LogP contribution in [0.15, 0.2) is 60.1 Å². The first-order valence-corrected chi connectivity index (χ1v) is 9.18. The van der Waals surface area contributed by atoms with Gasteiger partial charge in [0.15, 0.2) is 0 Å². The summed E-state index contributed by atoms with van der Waals surface area (Å²) in [6.45, 7) is 4.01. The summed E-state index contributed by atoms with van der Waals surface area (Å²) >= 11 is 1.52. The molecule has 0 fully saturated rings. The van der Waals surface area contributed by atoms with Gasteiger partial charge in [0.2, 0.25) is 0 Å². The van der Waals surface area contributed by atoms with Crippen LogP contribution in [0.1, 0.15) is 21.6 Å². The number of thiazole rings is 1. The number of nitrogens with zero attached hydrogens (tertiary/aromatic N) is 2. The highest BCUT2D eigenvalue weighted by Gasteiger charge is 2.12. The zero-order chi connectivity index (χ0) is 18.1. The highest BCUT2D eigenvalue weighted by atomic mass is 32.1. The largest absolute Gasteiger partial charge is 0.307 e. The first kappa shape index (κ1) is 16.4. The molecule has 2 aromatic carbocycles. The maximum Gasteiger partial charge on any atom is 0.256 e. The lowest BCUT2D eigenvalue weighted by atomic mass is 10.00. The second-order valence-corrected chi connectivity index (χ2v) is 7.01. The number of aromatic nitrogens is 2. The zero-order valence-corrected chi connectivity index (χ0v) is 15.3. The molecule has 0 unspecified atom stereocenters. The van der Waals surface area contributed by atoms with Crippen LogP contribution in [-0.4, -0.2) is 15.9 Å². The molecule has 26 heavy (non-hydrogen) atoms. The molecular weight excluding hydrogens is 342 g/mol. The SMILES string of the molecule is Cc1nc(NC(=O)c2ccc3ncsc3c2)cc(-c2ccccc2)c1C. The molecular formula is C21H17N3OS. The molecule has 4 rings (SSSR count). The summed E-state index contributed by atoms with van der Waals surface area (Å²) in [6.07, 6.45) is 0. The Hall–Kier alpha value is -3.05. The molecule has 0 saturated carbocycles. The number of hydrogen-bond acceptors (Lipinski definition) is 4. The van der Waals surface area contributed by atoms with Crippen LogP contribution in [-0.2, 0) is 0 Å². The number of hydrogen-bond donors (Lipinski definition) is 1. The maximum absolute atomic E-state index is 12.7. The van der Waals surface area contributed by atoms with Crippen molar-refractivity contribution in [1.29, 1.82) is 0 Å². The highest BCUT2D eigenvalue weighted by Crippen LogP contribution is 2.27. The topological polar surface area (TPSA) is 54.9 Å². The lowest BCUT2D eigenvalue weighted by Crippen LogP contribution is -2.13. The van der Waals surface area contributed by atoms with Crippen molar-refractivity contribution in [1.82, 2.24) is 9.97 Å². The Morgan fingerprint density at radius 1 is 1.04 bits per heavy atom. The van der Waals surface area contributed by atoms with E-state index in [2.05, 4.69) is 27.4 Å². The predicted octanol–water partition coefficient (Wildman–Crippen LogP) is 5.23. The lowest BCUT2D eigenvalue weighted by molar-refractivity contribution is 0.102. The van der Waals surface area contributed by atoms with Crippen molar-refractivity contribution in [2.75, 3.05) is 5.32 Å². The molecule has 128 valence electrons. The molecule has 1 amide bonds. The van der Waals surface area contributed by atoms with Gasteiger partial charge in [-0.05, 0) is 54.8 Å². The Labute approximate surface area is 155 Å². The van der Waals surface area contributed by atoms with Gasteiger partial charge in [0.05, 0.1) is 15.7 Å². The van der Waals surface area contributed by atoms with E-state index in [0.29, 0.717) is 11.4 Å². The number of pyridine rings is 1. The number of nitrogens with one attached hydrogen (secondary N) is 1. The van der Waals surface area contributed by atoms with Gasteiger partial charge in [0, 0.05) is 11.3 Å². The second-order valence-electron chi connectivity index (χ2n) is 6.12. The van der Waals surface area contributed by atoms with E-state index >= 15 is 0 Å². The Morgan fingerprint density at radius 3 is 2.65 bits per heavy atom. The van der Waals surface area contributed by atoms with Crippen molar-refractivity contribution in [2.24, 2.45) is 0 Å². The van der Waals surface area contributed by atoms with Gasteiger partial charge < -0.3 is 5.32 Å². The predicted molar refractivity (Wildman–Crippen MR) is 107 cm³/mol. The molecule has 0 atom stereocenters. The quantitative estimate of drug-likeness (QED) is 0.545. The van der Waals surface area contributed by atoms with Gasteiger partial charge >= 0.3 is 0 Å². The average molecular weight is 359 g/mol. The molecule has 4 aromatic rings. The minimum absolute atomic E-state index is 0.171. The molecule has 2 heterocycles. The van der Waals surface area contributed by atoms with E-state index < -0.39 is 0 Å². The Balaban J connectivity index is 1.67. The Kier molecular flexibility index (Phi) is 4.22. The lowest BCUT2D eigenvalue weighted by Gasteiger charge is -2.12. The molecule has 0 aliphatic carbocycles. The van der Waals surface area contributed by atoms with Crippen LogP contribution in [0.4, 0.5) is 5.82 Å². The van der Waals surface area contributed by atoms with Crippen molar-refractivity contribution >= 4 is 33.3 Å². The normalized spacial score (nSPS) is 10.8. The van der Waals surface area contributed by atoms with Gasteiger partial charge in [-0.3, -0.25) is 4.79 Å². The van der Waals surface area contributed by atoms with E-state index in [0.717, 1.165) is 32.6 Å². The number of amides is 1. The molecule has 1 N–H and O–H groups in total. The van der Waals surface area contributed by atoms with Crippen LogP contribution >= 0.6 is 11.3 Å². The second kappa shape index (κ2) is 6.69. The molecule has 0 spiro atoms. The van der Waals surface area contributed by atoms with E-state index in [4.69, 9.17) is 0 Å². The fourth-order valence-corrected chi connectivity index (χ4v) is 3.62. The molecule has 0 aliphatic heterocycles. The van der Waals surface area contributed by atoms with Gasteiger partial charge in [-0.15, -0.1) is 11.3 Å². The number of anilines is 1. The highest BCUT2D eigenvalue weighted by molar-refractivity contribution is 7.16. The zero-order valence-electron chi connectivity index (χ0n) is 14.5. The van der Waals surface area contributed by atoms with Gasteiger partial charge in [-0.2, -0.15) is 0 Å². The van der Waals surface area contributed by atoms with Crippen molar-refractivity contribution in [2.45, 2.75) is 13.8 Å². The van der Waals surface area contributed by atoms with Crippen LogP contribution in [0.2, 0.25) is 0 Å². The number of carbonyl (C=O) groups is 1. The summed E-state index contributed by atoms with van der Waals surface area (Å²) in [5, 5.41) is 2.93. The fourth-order valence-electron chi connectivity index (χ4n) is 2.90. The van der Waals surface area contributed by atoms with E-state index in [1.807, 2.05) is 50.2 Å². The van der Waals surface area contributed by atoms with Gasteiger partial charge in [-0.1, -0.05) is 30.3 Å². The smallest absolute Gasteiger partial charge is 0.256 e. The summed E-state index contributed by atoms with van der Waals surface area (Å²) < 4.78 is 0.996. The molecule has 0 bridgehead atoms. The number of carbonyl (C=O) groups excluding carboxylic acids is 1. The van der Waals surface area contributed by atoms with Crippen LogP contribution in [0.5, 0.6) is 0 Å². The average Bonchev–Trinajstić information content (AvgIpc) is 3.13. The molecule has 5 heteroatoms. The van der Waals surface area contributed by atoms with E-state index in [1.54, 1.807) is 11.6 Å². The third-order valence-electron chi connectivity index (χ3n) is 4.44. The first-order valence-electron chi connectivity index (χ1n) is 8.30. The number of benzene rings is 2. The standard InChI is InChI=1S/C21H17N3OS/c1-13-14(2)23-20(11-17(13)15-6-4-3-5-7-15)24-21(25)16-8-9-18-19(10-16)26-12-22-18/h3-12H,1-2H3,(H,23,24,25). The maximum atomic E-state index is 12.7. The van der Waals surface area contributed by atoms with Gasteiger partial charge in [-0.25, -0.2) is 9.97 Å². The van der Waals surface area contributed by atoms with Crippen molar-refractivity contribution < 1.29 is 4.79 Å². The summed E-state index contributed by atoms with van der Waals surface area (Å²) in [4.78, 5) is 21.4. The van der Waals surface area contributed by atoms with E-state index in [-0.39, 0.29) is 5.91 Å². The Bertz CT molecular complexity index is 1100. The fraction of sp³-hybridized carbons (Fsp3) is 0.0952. The number of rotatable bonds is 3. The summed E-state index contributed by atoms with van der Waals surface area (Å²) in [5.41, 5.74) is 7.48. The van der Waals surface area contributed by atoms with Crippen LogP contribution in [0, 0.1) is 13.8 Å². The van der Waals surface area contributed by atoms with Gasteiger partial charge in [0.1, 0.15) is 5.82 Å². The van der Waals surface area contributed by atoms with E-state index in [1.165, 1.54) is 11.3 Å². The molecule has 2 aromatic heterocycles. The van der Waals surface area contributed by atoms with Crippen LogP contribution in [0.3, 0.4) is 0 Å². The summed E-state index contributed by atoms with van der Waals surface area (Å²) in [7, 11) is 0. The van der Waals surface area contributed by atoms with Gasteiger partial charge in [0.25, 0.3) is 5.91 Å². The molecule has 0 saturated heterocycles. The van der Waals surface area contributed by atoms with Crippen molar-refractivity contribution in [3.05, 3.63) is 76.9 Å². The molecule has 0 aliphatic rings. The van der Waals surface area contributed by atoms with Crippen molar-refractivity contribution in [3.8, 4) is 11.1 Å². The minimum Gasteiger partial charge on any atom is -0.307 e. The van der Waals surface area contributed by atoms with E-state index in [9.17, 15) is 4.79 Å². The van der Waals surface area contributed by atoms with Crippen LogP contribution in [0.25, 0.3) is 21.3 Å². The summed E-state index contributed by atoms with van der Waals surface area (Å²) in [6, 6.07) is 17.6. The molecule has 0 radical (unpaired) electrons. The minimum atomic E-state index is -0.171. The van der Waals surface area contributed by atoms with Crippen LogP contribution < -0.4 is 5.32 Å². The third kappa shape index (κ3) is 3.09. The Morgan fingerprint density at radius 2 is 1.85 bits per heavy atom. The number of fused-ring (bicyclic) bond motifs is 1.